The van der Waals surface area contributed by atoms with E-state index >= 15 is 0 Å². The van der Waals surface area contributed by atoms with Crippen LogP contribution in [-0.2, 0) is 11.3 Å². The number of benzene rings is 3. The second kappa shape index (κ2) is 9.63. The van der Waals surface area contributed by atoms with Gasteiger partial charge in [-0.3, -0.25) is 4.79 Å². The molecule has 0 amide bonds. The lowest BCUT2D eigenvalue weighted by Crippen LogP contribution is -2.46. The van der Waals surface area contributed by atoms with Crippen LogP contribution in [0.5, 0.6) is 0 Å². The van der Waals surface area contributed by atoms with Crippen molar-refractivity contribution in [2.24, 2.45) is 17.8 Å². The average Bonchev–Trinajstić information content (AvgIpc) is 3.51. The summed E-state index contributed by atoms with van der Waals surface area (Å²) >= 11 is 0. The summed E-state index contributed by atoms with van der Waals surface area (Å²) in [4.78, 5) is 14.4. The van der Waals surface area contributed by atoms with Crippen molar-refractivity contribution in [3.63, 3.8) is 0 Å². The molecule has 2 heterocycles. The Hall–Kier alpha value is -4.44. The van der Waals surface area contributed by atoms with E-state index in [1.165, 1.54) is 5.70 Å². The Morgan fingerprint density at radius 1 is 0.900 bits per heavy atom. The normalized spacial score (nSPS) is 22.1. The van der Waals surface area contributed by atoms with Crippen molar-refractivity contribution < 1.29 is 14.5 Å². The molecule has 7 rings (SSSR count). The van der Waals surface area contributed by atoms with Gasteiger partial charge >= 0.3 is 0 Å². The number of Topliss-reactive ketones (excluding diaryl/α,β-unsaturated/α-hetero) is 1. The molecule has 0 spiro atoms. The maximum atomic E-state index is 14.4. The minimum absolute atomic E-state index is 0.0218. The fraction of sp³-hybridized carbons (Fsp3) is 0.222. The van der Waals surface area contributed by atoms with Crippen molar-refractivity contribution in [1.29, 1.82) is 0 Å². The number of allylic oxidation sites excluding steroid dienone is 6. The summed E-state index contributed by atoms with van der Waals surface area (Å²) in [5.41, 5.74) is 7.59. The van der Waals surface area contributed by atoms with E-state index in [0.29, 0.717) is 5.57 Å². The first-order valence-corrected chi connectivity index (χ1v) is 14.3. The summed E-state index contributed by atoms with van der Waals surface area (Å²) in [6, 6.07) is 28.6. The third-order valence-electron chi connectivity index (χ3n) is 8.91. The molecule has 3 aromatic carbocycles. The number of aryl methyl sites for hydroxylation is 1. The number of nitrogens with zero attached hydrogens (tertiary/aromatic N) is 2. The van der Waals surface area contributed by atoms with Gasteiger partial charge in [-0.2, -0.15) is 4.58 Å². The predicted octanol–water partition coefficient (Wildman–Crippen LogP) is 6.21. The molecule has 1 aromatic heterocycles. The highest BCUT2D eigenvalue weighted by Gasteiger charge is 2.55. The largest absolute Gasteiger partial charge is 0.874 e. The van der Waals surface area contributed by atoms with E-state index in [4.69, 9.17) is 0 Å². The van der Waals surface area contributed by atoms with Gasteiger partial charge in [0, 0.05) is 46.1 Å². The van der Waals surface area contributed by atoms with E-state index in [0.717, 1.165) is 58.5 Å². The third-order valence-corrected chi connectivity index (χ3v) is 8.91. The number of fused-ring (bicyclic) bond motifs is 2. The van der Waals surface area contributed by atoms with Crippen molar-refractivity contribution in [1.82, 2.24) is 4.57 Å². The molecule has 3 unspecified atom stereocenters. The summed E-state index contributed by atoms with van der Waals surface area (Å²) in [6.45, 7) is 5.80. The van der Waals surface area contributed by atoms with Crippen molar-refractivity contribution in [3.8, 4) is 11.3 Å². The second-order valence-electron chi connectivity index (χ2n) is 10.8. The van der Waals surface area contributed by atoms with Gasteiger partial charge in [0.25, 0.3) is 0 Å². The lowest BCUT2D eigenvalue weighted by molar-refractivity contribution is -0.471. The molecule has 40 heavy (non-hydrogen) atoms. The Labute approximate surface area is 234 Å². The van der Waals surface area contributed by atoms with E-state index in [9.17, 15) is 9.90 Å². The molecule has 4 aromatic rings. The minimum Gasteiger partial charge on any atom is -0.874 e. The van der Waals surface area contributed by atoms with Crippen LogP contribution in [0.1, 0.15) is 31.4 Å². The Balaban J connectivity index is 1.44. The summed E-state index contributed by atoms with van der Waals surface area (Å²) in [5, 5.41) is 15.4. The molecule has 0 fully saturated rings. The first-order chi connectivity index (χ1) is 19.7. The van der Waals surface area contributed by atoms with Crippen LogP contribution in [0.25, 0.3) is 27.7 Å². The number of rotatable bonds is 6. The third kappa shape index (κ3) is 3.45. The van der Waals surface area contributed by atoms with E-state index in [1.807, 2.05) is 54.6 Å². The van der Waals surface area contributed by atoms with E-state index in [1.54, 1.807) is 0 Å². The molecule has 0 bridgehead atoms. The van der Waals surface area contributed by atoms with Gasteiger partial charge in [-0.05, 0) is 44.0 Å². The second-order valence-corrected chi connectivity index (χ2v) is 10.8. The highest BCUT2D eigenvalue weighted by molar-refractivity contribution is 6.34. The fourth-order valence-electron chi connectivity index (χ4n) is 7.29. The maximum Gasteiger partial charge on any atom is 0.193 e. The zero-order valence-corrected chi connectivity index (χ0v) is 22.9. The van der Waals surface area contributed by atoms with Crippen molar-refractivity contribution in [2.75, 3.05) is 6.54 Å². The molecule has 0 saturated heterocycles. The molecular formula is C36H32N2O2. The van der Waals surface area contributed by atoms with Crippen LogP contribution in [-0.4, -0.2) is 27.2 Å². The van der Waals surface area contributed by atoms with Gasteiger partial charge in [0.1, 0.15) is 6.54 Å². The first kappa shape index (κ1) is 24.6. The SMILES string of the molecule is CCn1c(-c2ccccc2)c(C2=C([O-])C(C3C(c4ccccc4)=[N+](CC)C4=CC=CCC43)C2=O)c2ccccc21. The van der Waals surface area contributed by atoms with Crippen LogP contribution in [0.4, 0.5) is 0 Å². The van der Waals surface area contributed by atoms with E-state index < -0.39 is 5.92 Å². The Kier molecular flexibility index (Phi) is 5.92. The molecule has 2 aliphatic carbocycles. The molecule has 1 aliphatic heterocycles. The molecule has 0 radical (unpaired) electrons. The van der Waals surface area contributed by atoms with Crippen molar-refractivity contribution in [2.45, 2.75) is 26.8 Å². The molecule has 3 aliphatic rings. The van der Waals surface area contributed by atoms with Gasteiger partial charge in [0.2, 0.25) is 0 Å². The number of carbonyl (C=O) groups is 1. The Morgan fingerprint density at radius 3 is 2.25 bits per heavy atom. The maximum absolute atomic E-state index is 14.4. The molecule has 3 atom stereocenters. The number of para-hydroxylation sites is 1. The van der Waals surface area contributed by atoms with Gasteiger partial charge in [-0.25, -0.2) is 0 Å². The van der Waals surface area contributed by atoms with Crippen LogP contribution in [0.2, 0.25) is 0 Å². The highest BCUT2D eigenvalue weighted by Crippen LogP contribution is 2.52. The van der Waals surface area contributed by atoms with E-state index in [2.05, 4.69) is 71.5 Å². The Bertz CT molecular complexity index is 1770. The van der Waals surface area contributed by atoms with Crippen LogP contribution in [0.3, 0.4) is 0 Å². The lowest BCUT2D eigenvalue weighted by Gasteiger charge is -2.41. The molecule has 0 saturated carbocycles. The number of carbonyl (C=O) groups excluding carboxylic acids is 1. The van der Waals surface area contributed by atoms with Crippen molar-refractivity contribution >= 4 is 28.0 Å². The van der Waals surface area contributed by atoms with E-state index in [-0.39, 0.29) is 23.4 Å². The summed E-state index contributed by atoms with van der Waals surface area (Å²) in [7, 11) is 0. The van der Waals surface area contributed by atoms with Gasteiger partial charge in [0.15, 0.2) is 17.2 Å². The monoisotopic (exact) mass is 524 g/mol. The van der Waals surface area contributed by atoms with Crippen LogP contribution >= 0.6 is 0 Å². The number of aromatic nitrogens is 1. The zero-order valence-electron chi connectivity index (χ0n) is 22.9. The molecule has 4 heteroatoms. The van der Waals surface area contributed by atoms with Crippen LogP contribution in [0.15, 0.2) is 115 Å². The molecule has 4 nitrogen and oxygen atoms in total. The van der Waals surface area contributed by atoms with Gasteiger partial charge < -0.3 is 9.67 Å². The van der Waals surface area contributed by atoms with Gasteiger partial charge in [-0.1, -0.05) is 78.9 Å². The molecule has 198 valence electrons. The highest BCUT2D eigenvalue weighted by atomic mass is 16.3. The molecular weight excluding hydrogens is 492 g/mol. The summed E-state index contributed by atoms with van der Waals surface area (Å²) < 4.78 is 4.58. The quantitative estimate of drug-likeness (QED) is 0.282. The standard InChI is InChI=1S/C36H32N2O2/c1-3-37-27-21-13-11-19-25(27)29(33(37)23-15-7-5-8-16-23)31-35(39)32(36(31)40)30-26-20-12-14-22-28(26)38(4-2)34(30)24-17-9-6-10-18-24/h5-19,21-22,26,30,32H,3-4,20H2,1-2H3. The summed E-state index contributed by atoms with van der Waals surface area (Å²) in [6.07, 6.45) is 7.28. The van der Waals surface area contributed by atoms with Crippen molar-refractivity contribution in [3.05, 3.63) is 126 Å². The molecule has 0 N–H and O–H groups in total. The summed E-state index contributed by atoms with van der Waals surface area (Å²) in [5.74, 6) is -0.779. The first-order valence-electron chi connectivity index (χ1n) is 14.3. The number of hydrogen-bond donors (Lipinski definition) is 0. The van der Waals surface area contributed by atoms with Gasteiger partial charge in [0.05, 0.1) is 17.5 Å². The minimum atomic E-state index is -0.672. The lowest BCUT2D eigenvalue weighted by atomic mass is 9.64. The topological polar surface area (TPSA) is 48.1 Å². The number of hydrogen-bond acceptors (Lipinski definition) is 2. The zero-order chi connectivity index (χ0) is 27.4. The Morgan fingerprint density at radius 2 is 1.57 bits per heavy atom. The number of ketones is 1. The van der Waals surface area contributed by atoms with Gasteiger partial charge in [-0.15, -0.1) is 5.76 Å². The smallest absolute Gasteiger partial charge is 0.193 e. The predicted molar refractivity (Wildman–Crippen MR) is 159 cm³/mol. The van der Waals surface area contributed by atoms with Crippen LogP contribution < -0.4 is 5.11 Å². The fourth-order valence-corrected chi connectivity index (χ4v) is 7.29. The average molecular weight is 525 g/mol. The van der Waals surface area contributed by atoms with Crippen LogP contribution in [0, 0.1) is 17.8 Å².